The number of hydrogen-bond acceptors (Lipinski definition) is 4. The Morgan fingerprint density at radius 1 is 1.00 bits per heavy atom. The van der Waals surface area contributed by atoms with Gasteiger partial charge in [0.1, 0.15) is 6.04 Å². The molecule has 1 heterocycles. The molecular weight excluding hydrogens is 298 g/mol. The second-order valence-corrected chi connectivity index (χ2v) is 4.92. The zero-order valence-corrected chi connectivity index (χ0v) is 12.8. The van der Waals surface area contributed by atoms with Crippen LogP contribution in [0.15, 0.2) is 47.1 Å². The van der Waals surface area contributed by atoms with Crippen LogP contribution in [0.3, 0.4) is 0 Å². The van der Waals surface area contributed by atoms with Crippen molar-refractivity contribution in [2.75, 3.05) is 10.6 Å². The van der Waals surface area contributed by atoms with Crippen molar-refractivity contribution in [3.8, 4) is 0 Å². The highest BCUT2D eigenvalue weighted by Gasteiger charge is 2.14. The van der Waals surface area contributed by atoms with E-state index in [1.807, 2.05) is 0 Å². The van der Waals surface area contributed by atoms with Gasteiger partial charge in [0.2, 0.25) is 11.8 Å². The first kappa shape index (κ1) is 16.3. The molecule has 0 aliphatic rings. The minimum absolute atomic E-state index is 0.214. The predicted molar refractivity (Wildman–Crippen MR) is 85.0 cm³/mol. The third-order valence-electron chi connectivity index (χ3n) is 2.97. The molecule has 0 bridgehead atoms. The lowest BCUT2D eigenvalue weighted by atomic mass is 10.2. The Balaban J connectivity index is 1.93. The Kier molecular flexibility index (Phi) is 5.14. The van der Waals surface area contributed by atoms with Crippen LogP contribution in [0.5, 0.6) is 0 Å². The maximum atomic E-state index is 11.9. The van der Waals surface area contributed by atoms with Gasteiger partial charge in [0, 0.05) is 18.3 Å². The average molecular weight is 315 g/mol. The van der Waals surface area contributed by atoms with E-state index in [0.29, 0.717) is 11.4 Å². The molecule has 120 valence electrons. The number of carbonyl (C=O) groups excluding carboxylic acids is 3. The molecule has 0 fully saturated rings. The highest BCUT2D eigenvalue weighted by Crippen LogP contribution is 2.15. The lowest BCUT2D eigenvalue weighted by Gasteiger charge is -2.13. The molecule has 0 aliphatic carbocycles. The van der Waals surface area contributed by atoms with Crippen LogP contribution < -0.4 is 16.0 Å². The molecule has 1 unspecified atom stereocenters. The summed E-state index contributed by atoms with van der Waals surface area (Å²) < 4.78 is 5.00. The molecule has 3 amide bonds. The Morgan fingerprint density at radius 2 is 1.61 bits per heavy atom. The number of hydrogen-bond donors (Lipinski definition) is 3. The van der Waals surface area contributed by atoms with E-state index in [4.69, 9.17) is 4.42 Å². The van der Waals surface area contributed by atoms with Gasteiger partial charge in [-0.05, 0) is 43.3 Å². The summed E-state index contributed by atoms with van der Waals surface area (Å²) in [4.78, 5) is 34.6. The molecule has 1 atom stereocenters. The Morgan fingerprint density at radius 3 is 2.13 bits per heavy atom. The van der Waals surface area contributed by atoms with Crippen molar-refractivity contribution in [3.63, 3.8) is 0 Å². The summed E-state index contributed by atoms with van der Waals surface area (Å²) >= 11 is 0. The molecule has 0 spiro atoms. The maximum absolute atomic E-state index is 11.9. The summed E-state index contributed by atoms with van der Waals surface area (Å²) in [5, 5.41) is 7.84. The van der Waals surface area contributed by atoms with Crippen LogP contribution in [-0.2, 0) is 9.59 Å². The minimum atomic E-state index is -0.633. The summed E-state index contributed by atoms with van der Waals surface area (Å²) in [5.41, 5.74) is 1.13. The van der Waals surface area contributed by atoms with E-state index in [9.17, 15) is 14.4 Å². The number of benzene rings is 1. The molecule has 2 rings (SSSR count). The maximum Gasteiger partial charge on any atom is 0.291 e. The highest BCUT2D eigenvalue weighted by atomic mass is 16.3. The fraction of sp³-hybridized carbons (Fsp3) is 0.188. The fourth-order valence-electron chi connectivity index (χ4n) is 1.86. The van der Waals surface area contributed by atoms with Crippen molar-refractivity contribution < 1.29 is 18.8 Å². The van der Waals surface area contributed by atoms with Gasteiger partial charge in [0.15, 0.2) is 5.76 Å². The summed E-state index contributed by atoms with van der Waals surface area (Å²) in [7, 11) is 0. The van der Waals surface area contributed by atoms with Gasteiger partial charge in [0.25, 0.3) is 5.91 Å². The van der Waals surface area contributed by atoms with Crippen LogP contribution in [0, 0.1) is 0 Å². The van der Waals surface area contributed by atoms with Crippen LogP contribution >= 0.6 is 0 Å². The zero-order chi connectivity index (χ0) is 16.8. The van der Waals surface area contributed by atoms with Crippen LogP contribution in [-0.4, -0.2) is 23.8 Å². The van der Waals surface area contributed by atoms with Crippen molar-refractivity contribution in [1.29, 1.82) is 0 Å². The lowest BCUT2D eigenvalue weighted by molar-refractivity contribution is -0.124. The normalized spacial score (nSPS) is 11.4. The average Bonchev–Trinajstić information content (AvgIpc) is 3.03. The Labute approximate surface area is 133 Å². The minimum Gasteiger partial charge on any atom is -0.459 e. The van der Waals surface area contributed by atoms with E-state index in [-0.39, 0.29) is 23.5 Å². The van der Waals surface area contributed by atoms with Crippen molar-refractivity contribution >= 4 is 29.1 Å². The molecule has 0 aliphatic heterocycles. The second kappa shape index (κ2) is 7.26. The molecule has 7 heteroatoms. The van der Waals surface area contributed by atoms with Crippen molar-refractivity contribution in [2.45, 2.75) is 19.9 Å². The summed E-state index contributed by atoms with van der Waals surface area (Å²) in [6, 6.07) is 9.16. The van der Waals surface area contributed by atoms with Gasteiger partial charge in [-0.2, -0.15) is 0 Å². The quantitative estimate of drug-likeness (QED) is 0.785. The number of rotatable bonds is 5. The van der Waals surface area contributed by atoms with E-state index >= 15 is 0 Å². The largest absolute Gasteiger partial charge is 0.459 e. The second-order valence-electron chi connectivity index (χ2n) is 4.92. The molecule has 1 aromatic carbocycles. The third-order valence-corrected chi connectivity index (χ3v) is 2.97. The van der Waals surface area contributed by atoms with Gasteiger partial charge in [-0.1, -0.05) is 0 Å². The monoisotopic (exact) mass is 315 g/mol. The van der Waals surface area contributed by atoms with E-state index in [1.54, 1.807) is 43.3 Å². The van der Waals surface area contributed by atoms with Gasteiger partial charge in [-0.25, -0.2) is 0 Å². The van der Waals surface area contributed by atoms with Crippen LogP contribution in [0.4, 0.5) is 11.4 Å². The number of furan rings is 1. The predicted octanol–water partition coefficient (Wildman–Crippen LogP) is 1.99. The molecule has 0 radical (unpaired) electrons. The van der Waals surface area contributed by atoms with Crippen LogP contribution in [0.25, 0.3) is 0 Å². The Hall–Kier alpha value is -3.09. The number of amides is 3. The molecule has 0 saturated carbocycles. The number of carbonyl (C=O) groups is 3. The van der Waals surface area contributed by atoms with E-state index in [1.165, 1.54) is 13.2 Å². The fourth-order valence-corrected chi connectivity index (χ4v) is 1.86. The zero-order valence-electron chi connectivity index (χ0n) is 12.8. The van der Waals surface area contributed by atoms with Gasteiger partial charge in [0.05, 0.1) is 6.26 Å². The Bertz CT molecular complexity index is 693. The van der Waals surface area contributed by atoms with Crippen molar-refractivity contribution in [1.82, 2.24) is 5.32 Å². The molecule has 2 aromatic rings. The number of nitrogens with one attached hydrogen (secondary N) is 3. The van der Waals surface area contributed by atoms with Gasteiger partial charge >= 0.3 is 0 Å². The molecule has 23 heavy (non-hydrogen) atoms. The topological polar surface area (TPSA) is 100 Å². The van der Waals surface area contributed by atoms with Crippen molar-refractivity contribution in [2.24, 2.45) is 0 Å². The van der Waals surface area contributed by atoms with Crippen LogP contribution in [0.2, 0.25) is 0 Å². The van der Waals surface area contributed by atoms with E-state index < -0.39 is 6.04 Å². The first-order valence-electron chi connectivity index (χ1n) is 6.98. The summed E-state index contributed by atoms with van der Waals surface area (Å²) in [5.74, 6) is -0.742. The molecule has 3 N–H and O–H groups in total. The first-order valence-corrected chi connectivity index (χ1v) is 6.98. The third kappa shape index (κ3) is 4.70. The van der Waals surface area contributed by atoms with Gasteiger partial charge < -0.3 is 20.4 Å². The molecule has 0 saturated heterocycles. The smallest absolute Gasteiger partial charge is 0.291 e. The molecule has 1 aromatic heterocycles. The standard InChI is InChI=1S/C16H17N3O4/c1-10(17-11(2)20)15(21)18-12-5-7-13(8-6-12)19-16(22)14-4-3-9-23-14/h3-10H,1-2H3,(H,17,20)(H,18,21)(H,19,22). The van der Waals surface area contributed by atoms with Crippen molar-refractivity contribution in [3.05, 3.63) is 48.4 Å². The SMILES string of the molecule is CC(=O)NC(C)C(=O)Nc1ccc(NC(=O)c2ccco2)cc1. The summed E-state index contributed by atoms with van der Waals surface area (Å²) in [6.07, 6.45) is 1.42. The lowest BCUT2D eigenvalue weighted by Crippen LogP contribution is -2.40. The molecule has 7 nitrogen and oxygen atoms in total. The first-order chi connectivity index (χ1) is 11.0. The van der Waals surface area contributed by atoms with Crippen LogP contribution in [0.1, 0.15) is 24.4 Å². The van der Waals surface area contributed by atoms with E-state index in [0.717, 1.165) is 0 Å². The van der Waals surface area contributed by atoms with E-state index in [2.05, 4.69) is 16.0 Å². The van der Waals surface area contributed by atoms with Gasteiger partial charge in [-0.15, -0.1) is 0 Å². The summed E-state index contributed by atoms with van der Waals surface area (Å²) in [6.45, 7) is 2.94. The molecular formula is C16H17N3O4. The van der Waals surface area contributed by atoms with Gasteiger partial charge in [-0.3, -0.25) is 14.4 Å². The highest BCUT2D eigenvalue weighted by molar-refractivity contribution is 6.02. The number of anilines is 2.